The van der Waals surface area contributed by atoms with E-state index >= 15 is 0 Å². The number of nitrogens with zero attached hydrogens (tertiary/aromatic N) is 8. The predicted octanol–water partition coefficient (Wildman–Crippen LogP) is 9.30. The van der Waals surface area contributed by atoms with E-state index in [0.29, 0.717) is 5.91 Å². The fourth-order valence-corrected chi connectivity index (χ4v) is 12.0. The van der Waals surface area contributed by atoms with Gasteiger partial charge in [0, 0.05) is 112 Å². The molecule has 11 heteroatoms. The van der Waals surface area contributed by atoms with Gasteiger partial charge in [-0.3, -0.25) is 24.2 Å². The van der Waals surface area contributed by atoms with Crippen LogP contribution in [0.5, 0.6) is 0 Å². The highest BCUT2D eigenvalue weighted by Crippen LogP contribution is 2.35. The Labute approximate surface area is 429 Å². The Morgan fingerprint density at radius 2 is 0.845 bits per heavy atom. The van der Waals surface area contributed by atoms with Crippen molar-refractivity contribution in [1.82, 2.24) is 24.5 Å². The zero-order chi connectivity index (χ0) is 51.6. The number of hydrogen-bond acceptors (Lipinski definition) is 8. The van der Waals surface area contributed by atoms with Gasteiger partial charge in [0.15, 0.2) is 0 Å². The maximum Gasteiger partial charge on any atom is 0.245 e. The largest absolute Gasteiger partial charge is 0.360 e. The average molecular weight is 973 g/mol. The molecule has 0 aromatic heterocycles. The average Bonchev–Trinajstić information content (AvgIpc) is 3.73. The van der Waals surface area contributed by atoms with Crippen molar-refractivity contribution in [2.24, 2.45) is 0 Å². The van der Waals surface area contributed by atoms with E-state index < -0.39 is 0 Å². The molecule has 6 aliphatic rings. The van der Waals surface area contributed by atoms with Crippen LogP contribution in [0.4, 0.5) is 17.1 Å². The molecule has 3 aromatic carbocycles. The summed E-state index contributed by atoms with van der Waals surface area (Å²) in [6, 6.07) is 19.8. The molecule has 3 unspecified atom stereocenters. The summed E-state index contributed by atoms with van der Waals surface area (Å²) in [6.07, 6.45) is 7.74. The normalized spacial score (nSPS) is 21.0. The van der Waals surface area contributed by atoms with Crippen LogP contribution in [-0.4, -0.2) is 156 Å². The molecular weight excluding hydrogens is 881 g/mol. The number of carbonyl (C=O) groups is 3. The number of piperazine rings is 2. The monoisotopic (exact) mass is 973 g/mol. The lowest BCUT2D eigenvalue weighted by molar-refractivity contribution is -0.135. The maximum absolute atomic E-state index is 13.1. The van der Waals surface area contributed by atoms with Crippen LogP contribution < -0.4 is 14.7 Å². The molecule has 0 spiro atoms. The highest BCUT2D eigenvalue weighted by atomic mass is 16.2. The lowest BCUT2D eigenvalue weighted by Crippen LogP contribution is -2.58. The van der Waals surface area contributed by atoms with Crippen LogP contribution in [-0.2, 0) is 33.6 Å². The molecule has 0 N–H and O–H groups in total. The molecule has 0 bridgehead atoms. The third-order valence-corrected chi connectivity index (χ3v) is 16.3. The Morgan fingerprint density at radius 1 is 0.479 bits per heavy atom. The molecule has 3 atom stereocenters. The van der Waals surface area contributed by atoms with Crippen LogP contribution >= 0.6 is 0 Å². The zero-order valence-electron chi connectivity index (χ0n) is 46.7. The van der Waals surface area contributed by atoms with Gasteiger partial charge in [-0.25, -0.2) is 0 Å². The first kappa shape index (κ1) is 54.2. The first-order valence-electron chi connectivity index (χ1n) is 27.4. The number of carbonyl (C=O) groups excluding carboxylic acids is 3. The Bertz CT molecular complexity index is 2210. The van der Waals surface area contributed by atoms with Crippen molar-refractivity contribution in [3.8, 4) is 0 Å². The topological polar surface area (TPSA) is 77.1 Å². The van der Waals surface area contributed by atoms with E-state index in [9.17, 15) is 14.4 Å². The third-order valence-electron chi connectivity index (χ3n) is 16.3. The Kier molecular flexibility index (Phi) is 17.0. The minimum absolute atomic E-state index is 0.0333. The van der Waals surface area contributed by atoms with Gasteiger partial charge in [-0.15, -0.1) is 0 Å². The van der Waals surface area contributed by atoms with Gasteiger partial charge >= 0.3 is 0 Å². The van der Waals surface area contributed by atoms with E-state index in [1.807, 2.05) is 4.90 Å². The first-order valence-corrected chi connectivity index (χ1v) is 27.4. The highest BCUT2D eigenvalue weighted by Gasteiger charge is 2.42. The van der Waals surface area contributed by atoms with Gasteiger partial charge in [-0.1, -0.05) is 53.1 Å². The van der Waals surface area contributed by atoms with Crippen molar-refractivity contribution in [2.45, 2.75) is 177 Å². The summed E-state index contributed by atoms with van der Waals surface area (Å²) in [6.45, 7) is 41.5. The van der Waals surface area contributed by atoms with Crippen LogP contribution in [0, 0.1) is 20.8 Å². The van der Waals surface area contributed by atoms with E-state index in [1.54, 1.807) is 0 Å². The van der Waals surface area contributed by atoms with Gasteiger partial charge < -0.3 is 29.4 Å². The van der Waals surface area contributed by atoms with Crippen LogP contribution in [0.3, 0.4) is 0 Å². The van der Waals surface area contributed by atoms with E-state index in [0.717, 1.165) is 123 Å². The van der Waals surface area contributed by atoms with Crippen LogP contribution in [0.15, 0.2) is 54.6 Å². The maximum atomic E-state index is 13.1. The third kappa shape index (κ3) is 12.8. The predicted molar refractivity (Wildman–Crippen MR) is 295 cm³/mol. The molecule has 3 fully saturated rings. The second-order valence-electron chi connectivity index (χ2n) is 24.6. The van der Waals surface area contributed by atoms with Crippen molar-refractivity contribution in [1.29, 1.82) is 0 Å². The number of benzene rings is 3. The van der Waals surface area contributed by atoms with Crippen LogP contribution in [0.25, 0.3) is 0 Å². The van der Waals surface area contributed by atoms with Crippen molar-refractivity contribution < 1.29 is 14.4 Å². The number of rotatable bonds is 5. The lowest BCUT2D eigenvalue weighted by atomic mass is 9.97. The van der Waals surface area contributed by atoms with Crippen LogP contribution in [0.2, 0.25) is 0 Å². The molecule has 0 saturated carbocycles. The molecule has 3 amide bonds. The molecule has 71 heavy (non-hydrogen) atoms. The number of amides is 3. The van der Waals surface area contributed by atoms with Gasteiger partial charge in [-0.05, 0) is 177 Å². The van der Waals surface area contributed by atoms with Crippen molar-refractivity contribution in [3.05, 3.63) is 88.0 Å². The molecule has 3 aromatic rings. The van der Waals surface area contributed by atoms with Crippen molar-refractivity contribution >= 4 is 34.8 Å². The van der Waals surface area contributed by atoms with Crippen molar-refractivity contribution in [3.63, 3.8) is 0 Å². The number of fused-ring (bicyclic) bond motifs is 3. The number of anilines is 3. The molecule has 11 nitrogen and oxygen atoms in total. The zero-order valence-corrected chi connectivity index (χ0v) is 46.7. The summed E-state index contributed by atoms with van der Waals surface area (Å²) in [5.74, 6) is 0.861. The van der Waals surface area contributed by atoms with E-state index in [2.05, 4.69) is 186 Å². The standard InChI is InChI=1S/2C21H33N3O.C18H26N2O/c2*1-16-8-9-19-18(15-16)7-6-10-24(19)17(2)20(25)22-11-13-23(14-12-22)21(3,4)5;1-13-7-8-15-14(12-13)6-5-10-19(15)16-9-11-20(17(16)21)18(2,3)4/h2*8-9,15,17H,6-7,10-14H2,1-5H3;7-8,12,16H,5-6,9-11H2,1-4H3. The molecule has 3 saturated heterocycles. The summed E-state index contributed by atoms with van der Waals surface area (Å²) in [4.78, 5) is 57.1. The fraction of sp³-hybridized carbons (Fsp3) is 0.650. The molecule has 6 aliphatic heterocycles. The van der Waals surface area contributed by atoms with E-state index in [1.165, 1.54) is 50.4 Å². The number of likely N-dealkylation sites (tertiary alicyclic amines) is 1. The second-order valence-corrected chi connectivity index (χ2v) is 24.6. The summed E-state index contributed by atoms with van der Waals surface area (Å²) < 4.78 is 0. The SMILES string of the molecule is Cc1ccc2c(c1)CCCN2C(C)C(=O)N1CCN(C(C)(C)C)CC1.Cc1ccc2c(c1)CCCN2C(C)C(=O)N1CCN(C(C)(C)C)CC1.Cc1ccc2c(c1)CCCN2C1CCN(C(C)(C)C)C1=O. The summed E-state index contributed by atoms with van der Waals surface area (Å²) >= 11 is 0. The molecular formula is C60H92N8O3. The lowest BCUT2D eigenvalue weighted by Gasteiger charge is -2.44. The Morgan fingerprint density at radius 3 is 1.21 bits per heavy atom. The van der Waals surface area contributed by atoms with Crippen LogP contribution in [0.1, 0.15) is 135 Å². The Hall–Kier alpha value is -4.61. The summed E-state index contributed by atoms with van der Waals surface area (Å²) in [5.41, 5.74) is 12.2. The molecule has 0 radical (unpaired) electrons. The smallest absolute Gasteiger partial charge is 0.245 e. The molecule has 390 valence electrons. The van der Waals surface area contributed by atoms with Gasteiger partial charge in [0.1, 0.15) is 18.1 Å². The summed E-state index contributed by atoms with van der Waals surface area (Å²) in [7, 11) is 0. The van der Waals surface area contributed by atoms with E-state index in [4.69, 9.17) is 0 Å². The fourth-order valence-electron chi connectivity index (χ4n) is 12.0. The minimum atomic E-state index is -0.0806. The Balaban J connectivity index is 0.000000157. The number of hydrogen-bond donors (Lipinski definition) is 0. The quantitative estimate of drug-likeness (QED) is 0.251. The van der Waals surface area contributed by atoms with Gasteiger partial charge in [-0.2, -0.15) is 0 Å². The van der Waals surface area contributed by atoms with Gasteiger partial charge in [0.2, 0.25) is 17.7 Å². The summed E-state index contributed by atoms with van der Waals surface area (Å²) in [5, 5.41) is 0. The first-order chi connectivity index (χ1) is 33.4. The van der Waals surface area contributed by atoms with Crippen molar-refractivity contribution in [2.75, 3.05) is 93.2 Å². The molecule has 9 rings (SSSR count). The number of aryl methyl sites for hydroxylation is 6. The van der Waals surface area contributed by atoms with E-state index in [-0.39, 0.29) is 46.6 Å². The molecule has 0 aliphatic carbocycles. The van der Waals surface area contributed by atoms with Gasteiger partial charge in [0.05, 0.1) is 0 Å². The minimum Gasteiger partial charge on any atom is -0.360 e. The second kappa shape index (κ2) is 22.2. The highest BCUT2D eigenvalue weighted by molar-refractivity contribution is 5.89. The van der Waals surface area contributed by atoms with Gasteiger partial charge in [0.25, 0.3) is 0 Å². The molecule has 6 heterocycles.